The van der Waals surface area contributed by atoms with Crippen LogP contribution in [0.4, 0.5) is 5.82 Å². The van der Waals surface area contributed by atoms with Crippen LogP contribution in [0, 0.1) is 27.7 Å². The number of hydrogen-bond donors (Lipinski definition) is 1. The number of benzene rings is 1. The molecule has 4 nitrogen and oxygen atoms in total. The van der Waals surface area contributed by atoms with Gasteiger partial charge in [-0.2, -0.15) is 0 Å². The van der Waals surface area contributed by atoms with Crippen LogP contribution in [0.25, 0.3) is 33.3 Å². The lowest BCUT2D eigenvalue weighted by Gasteiger charge is -2.22. The Kier molecular flexibility index (Phi) is 5.81. The summed E-state index contributed by atoms with van der Waals surface area (Å²) in [4.78, 5) is 15.4. The van der Waals surface area contributed by atoms with E-state index in [1.54, 1.807) is 0 Å². The predicted octanol–water partition coefficient (Wildman–Crippen LogP) is 6.76. The number of fused-ring (bicyclic) bond motifs is 1. The van der Waals surface area contributed by atoms with Crippen molar-refractivity contribution in [3.05, 3.63) is 65.1 Å². The Morgan fingerprint density at radius 3 is 2.23 bits per heavy atom. The van der Waals surface area contributed by atoms with Gasteiger partial charge in [0.1, 0.15) is 5.82 Å². The molecule has 0 saturated carbocycles. The number of hydrogen-bond acceptors (Lipinski definition) is 3. The molecule has 4 rings (SSSR count). The van der Waals surface area contributed by atoms with Crippen molar-refractivity contribution in [3.8, 4) is 22.4 Å². The van der Waals surface area contributed by atoms with Crippen molar-refractivity contribution in [2.45, 2.75) is 48.0 Å². The highest BCUT2D eigenvalue weighted by Gasteiger charge is 2.13. The van der Waals surface area contributed by atoms with Crippen molar-refractivity contribution in [1.82, 2.24) is 15.0 Å². The molecule has 1 N–H and O–H groups in total. The average molecular weight is 413 g/mol. The van der Waals surface area contributed by atoms with Crippen molar-refractivity contribution in [1.29, 1.82) is 0 Å². The summed E-state index contributed by atoms with van der Waals surface area (Å²) in [6.07, 6.45) is 1.12. The zero-order chi connectivity index (χ0) is 22.1. The molecule has 1 aromatic carbocycles. The Labute approximate surface area is 185 Å². The van der Waals surface area contributed by atoms with Crippen molar-refractivity contribution in [2.24, 2.45) is 0 Å². The molecule has 0 atom stereocenters. The van der Waals surface area contributed by atoms with Gasteiger partial charge in [0.25, 0.3) is 0 Å². The third-order valence-electron chi connectivity index (χ3n) is 6.01. The van der Waals surface area contributed by atoms with Crippen LogP contribution in [0.5, 0.6) is 0 Å². The van der Waals surface area contributed by atoms with Crippen LogP contribution in [0.3, 0.4) is 0 Å². The van der Waals surface area contributed by atoms with Crippen LogP contribution in [0.15, 0.2) is 42.5 Å². The smallest absolute Gasteiger partial charge is 0.128 e. The van der Waals surface area contributed by atoms with E-state index in [9.17, 15) is 0 Å². The summed E-state index contributed by atoms with van der Waals surface area (Å²) in [6, 6.07) is 15.3. The standard InChI is InChI=1S/C27H32N4/c1-7-13-31(8-2)26-12-11-24(20(6)29-26)21-9-10-23-19(5)27(30-25(23)16-21)22-14-17(3)28-18(4)15-22/h9-12,14-16,30H,7-8,13H2,1-6H3. The number of nitrogens with one attached hydrogen (secondary N) is 1. The fraction of sp³-hybridized carbons (Fsp3) is 0.333. The summed E-state index contributed by atoms with van der Waals surface area (Å²) in [6.45, 7) is 14.8. The molecule has 0 aliphatic rings. The van der Waals surface area contributed by atoms with Crippen molar-refractivity contribution in [3.63, 3.8) is 0 Å². The molecule has 0 amide bonds. The van der Waals surface area contributed by atoms with E-state index in [0.717, 1.165) is 47.9 Å². The van der Waals surface area contributed by atoms with Gasteiger partial charge in [-0.1, -0.05) is 19.1 Å². The first-order valence-electron chi connectivity index (χ1n) is 11.2. The fourth-order valence-corrected chi connectivity index (χ4v) is 4.51. The number of aromatic amines is 1. The SMILES string of the molecule is CCCN(CC)c1ccc(-c2ccc3c(C)c(-c4cc(C)nc(C)c4)[nH]c3c2)c(C)n1. The Morgan fingerprint density at radius 1 is 0.839 bits per heavy atom. The maximum Gasteiger partial charge on any atom is 0.128 e. The van der Waals surface area contributed by atoms with Gasteiger partial charge in [0.2, 0.25) is 0 Å². The topological polar surface area (TPSA) is 44.8 Å². The molecular weight excluding hydrogens is 380 g/mol. The molecule has 4 heteroatoms. The minimum Gasteiger partial charge on any atom is -0.357 e. The van der Waals surface area contributed by atoms with Crippen molar-refractivity contribution < 1.29 is 0 Å². The first-order chi connectivity index (χ1) is 14.9. The Hall–Kier alpha value is -3.14. The minimum atomic E-state index is 0.976. The van der Waals surface area contributed by atoms with Crippen LogP contribution in [0.1, 0.15) is 42.9 Å². The molecule has 160 valence electrons. The lowest BCUT2D eigenvalue weighted by molar-refractivity contribution is 0.777. The summed E-state index contributed by atoms with van der Waals surface area (Å²) >= 11 is 0. The number of H-pyrrole nitrogens is 1. The van der Waals surface area contributed by atoms with E-state index in [4.69, 9.17) is 4.98 Å². The van der Waals surface area contributed by atoms with Crippen molar-refractivity contribution in [2.75, 3.05) is 18.0 Å². The predicted molar refractivity (Wildman–Crippen MR) is 132 cm³/mol. The number of aryl methyl sites for hydroxylation is 4. The number of aromatic nitrogens is 3. The quantitative estimate of drug-likeness (QED) is 0.380. The molecular formula is C27H32N4. The Balaban J connectivity index is 1.75. The van der Waals surface area contributed by atoms with E-state index in [0.29, 0.717) is 0 Å². The van der Waals surface area contributed by atoms with Crippen LogP contribution in [-0.4, -0.2) is 28.0 Å². The van der Waals surface area contributed by atoms with Gasteiger partial charge in [-0.3, -0.25) is 4.98 Å². The first kappa shape index (κ1) is 21.1. The second-order valence-electron chi connectivity index (χ2n) is 8.41. The lowest BCUT2D eigenvalue weighted by Crippen LogP contribution is -2.24. The normalized spacial score (nSPS) is 11.3. The summed E-state index contributed by atoms with van der Waals surface area (Å²) < 4.78 is 0. The van der Waals surface area contributed by atoms with Crippen LogP contribution in [0.2, 0.25) is 0 Å². The number of nitrogens with zero attached hydrogens (tertiary/aromatic N) is 3. The Morgan fingerprint density at radius 2 is 1.58 bits per heavy atom. The molecule has 3 aromatic heterocycles. The molecule has 0 saturated heterocycles. The molecule has 0 aliphatic heterocycles. The molecule has 31 heavy (non-hydrogen) atoms. The number of pyridine rings is 2. The third-order valence-corrected chi connectivity index (χ3v) is 6.01. The zero-order valence-electron chi connectivity index (χ0n) is 19.5. The second-order valence-corrected chi connectivity index (χ2v) is 8.41. The molecule has 0 radical (unpaired) electrons. The van der Waals surface area contributed by atoms with E-state index in [1.807, 2.05) is 13.8 Å². The van der Waals surface area contributed by atoms with E-state index in [-0.39, 0.29) is 0 Å². The van der Waals surface area contributed by atoms with Gasteiger partial charge in [0.15, 0.2) is 0 Å². The van der Waals surface area contributed by atoms with E-state index >= 15 is 0 Å². The van der Waals surface area contributed by atoms with E-state index in [2.05, 4.69) is 85.0 Å². The molecule has 0 aliphatic carbocycles. The third kappa shape index (κ3) is 4.07. The first-order valence-corrected chi connectivity index (χ1v) is 11.2. The van der Waals surface area contributed by atoms with Crippen molar-refractivity contribution >= 4 is 16.7 Å². The largest absolute Gasteiger partial charge is 0.357 e. The lowest BCUT2D eigenvalue weighted by atomic mass is 10.0. The summed E-state index contributed by atoms with van der Waals surface area (Å²) in [5.74, 6) is 1.06. The fourth-order valence-electron chi connectivity index (χ4n) is 4.51. The highest BCUT2D eigenvalue weighted by Crippen LogP contribution is 2.34. The van der Waals surface area contributed by atoms with Gasteiger partial charge in [0, 0.05) is 57.9 Å². The average Bonchev–Trinajstić information content (AvgIpc) is 3.07. The van der Waals surface area contributed by atoms with Gasteiger partial charge in [-0.25, -0.2) is 4.98 Å². The number of anilines is 1. The summed E-state index contributed by atoms with van der Waals surface area (Å²) in [5, 5.41) is 1.26. The van der Waals surface area contributed by atoms with Gasteiger partial charge in [-0.15, -0.1) is 0 Å². The number of rotatable bonds is 6. The van der Waals surface area contributed by atoms with Crippen LogP contribution >= 0.6 is 0 Å². The monoisotopic (exact) mass is 412 g/mol. The van der Waals surface area contributed by atoms with Gasteiger partial charge >= 0.3 is 0 Å². The van der Waals surface area contributed by atoms with Gasteiger partial charge in [-0.05, 0) is 82.5 Å². The van der Waals surface area contributed by atoms with Crippen LogP contribution < -0.4 is 4.90 Å². The van der Waals surface area contributed by atoms with E-state index in [1.165, 1.54) is 33.3 Å². The second kappa shape index (κ2) is 8.54. The maximum absolute atomic E-state index is 4.92. The zero-order valence-corrected chi connectivity index (χ0v) is 19.5. The summed E-state index contributed by atoms with van der Waals surface area (Å²) in [7, 11) is 0. The Bertz CT molecular complexity index is 1220. The van der Waals surface area contributed by atoms with E-state index < -0.39 is 0 Å². The van der Waals surface area contributed by atoms with Gasteiger partial charge in [0.05, 0.1) is 0 Å². The van der Waals surface area contributed by atoms with Gasteiger partial charge < -0.3 is 9.88 Å². The molecule has 0 bridgehead atoms. The molecule has 4 aromatic rings. The molecule has 0 unspecified atom stereocenters. The maximum atomic E-state index is 4.92. The highest BCUT2D eigenvalue weighted by atomic mass is 15.2. The molecule has 0 fully saturated rings. The summed E-state index contributed by atoms with van der Waals surface area (Å²) in [5.41, 5.74) is 10.3. The highest BCUT2D eigenvalue weighted by molar-refractivity contribution is 5.93. The molecule has 0 spiro atoms. The minimum absolute atomic E-state index is 0.976. The molecule has 3 heterocycles. The van der Waals surface area contributed by atoms with Crippen LogP contribution in [-0.2, 0) is 0 Å².